The molecule has 0 heterocycles. The average molecular weight is 224 g/mol. The summed E-state index contributed by atoms with van der Waals surface area (Å²) in [5.74, 6) is 0.711. The summed E-state index contributed by atoms with van der Waals surface area (Å²) in [7, 11) is 3.02. The first-order chi connectivity index (χ1) is 7.74. The molecule has 0 aliphatic rings. The molecule has 5 heteroatoms. The molecule has 0 atom stereocenters. The van der Waals surface area contributed by atoms with E-state index in [1.54, 1.807) is 18.2 Å². The van der Waals surface area contributed by atoms with E-state index < -0.39 is 0 Å². The van der Waals surface area contributed by atoms with Crippen LogP contribution in [0.4, 0.5) is 0 Å². The van der Waals surface area contributed by atoms with E-state index in [9.17, 15) is 4.79 Å². The van der Waals surface area contributed by atoms with Crippen LogP contribution in [0, 0.1) is 0 Å². The lowest BCUT2D eigenvalue weighted by Gasteiger charge is -2.12. The van der Waals surface area contributed by atoms with Gasteiger partial charge in [-0.1, -0.05) is 6.07 Å². The highest BCUT2D eigenvalue weighted by Gasteiger charge is 2.17. The van der Waals surface area contributed by atoms with Crippen molar-refractivity contribution in [3.8, 4) is 11.5 Å². The van der Waals surface area contributed by atoms with Gasteiger partial charge in [0, 0.05) is 13.1 Å². The first-order valence-corrected chi connectivity index (χ1v) is 4.93. The molecule has 0 aliphatic heterocycles. The van der Waals surface area contributed by atoms with E-state index in [2.05, 4.69) is 5.32 Å². The molecule has 0 fully saturated rings. The van der Waals surface area contributed by atoms with Gasteiger partial charge in [0.25, 0.3) is 5.91 Å². The van der Waals surface area contributed by atoms with Crippen molar-refractivity contribution in [2.75, 3.05) is 27.3 Å². The quantitative estimate of drug-likeness (QED) is 0.759. The third-order valence-electron chi connectivity index (χ3n) is 2.08. The van der Waals surface area contributed by atoms with Crippen LogP contribution in [0.15, 0.2) is 18.2 Å². The van der Waals surface area contributed by atoms with Crippen molar-refractivity contribution in [1.82, 2.24) is 5.32 Å². The topological polar surface area (TPSA) is 73.6 Å². The highest BCUT2D eigenvalue weighted by atomic mass is 16.5. The summed E-state index contributed by atoms with van der Waals surface area (Å²) in [6.07, 6.45) is 0. The van der Waals surface area contributed by atoms with Crippen LogP contribution in [-0.4, -0.2) is 33.2 Å². The molecule has 5 nitrogen and oxygen atoms in total. The van der Waals surface area contributed by atoms with Crippen LogP contribution < -0.4 is 20.5 Å². The lowest BCUT2D eigenvalue weighted by molar-refractivity contribution is 0.0948. The van der Waals surface area contributed by atoms with Gasteiger partial charge in [0.1, 0.15) is 17.1 Å². The van der Waals surface area contributed by atoms with Crippen LogP contribution in [-0.2, 0) is 0 Å². The van der Waals surface area contributed by atoms with E-state index in [1.807, 2.05) is 0 Å². The Morgan fingerprint density at radius 1 is 1.31 bits per heavy atom. The van der Waals surface area contributed by atoms with Crippen LogP contribution in [0.25, 0.3) is 0 Å². The maximum atomic E-state index is 11.8. The SMILES string of the molecule is COc1cccc(OC)c1C(=O)NCCN. The number of hydrogen-bond donors (Lipinski definition) is 2. The molecular weight excluding hydrogens is 208 g/mol. The molecule has 1 aromatic rings. The molecule has 1 aromatic carbocycles. The molecule has 0 aliphatic carbocycles. The molecule has 16 heavy (non-hydrogen) atoms. The number of nitrogens with one attached hydrogen (secondary N) is 1. The van der Waals surface area contributed by atoms with Crippen LogP contribution >= 0.6 is 0 Å². The maximum Gasteiger partial charge on any atom is 0.258 e. The first-order valence-electron chi connectivity index (χ1n) is 4.93. The Morgan fingerprint density at radius 2 is 1.88 bits per heavy atom. The maximum absolute atomic E-state index is 11.8. The molecule has 1 rings (SSSR count). The smallest absolute Gasteiger partial charge is 0.258 e. The molecule has 0 bridgehead atoms. The van der Waals surface area contributed by atoms with Gasteiger partial charge < -0.3 is 20.5 Å². The highest BCUT2D eigenvalue weighted by Crippen LogP contribution is 2.27. The van der Waals surface area contributed by atoms with Crippen molar-refractivity contribution in [3.05, 3.63) is 23.8 Å². The van der Waals surface area contributed by atoms with Crippen LogP contribution in [0.5, 0.6) is 11.5 Å². The number of nitrogens with two attached hydrogens (primary N) is 1. The zero-order valence-corrected chi connectivity index (χ0v) is 9.45. The van der Waals surface area contributed by atoms with Gasteiger partial charge in [-0.25, -0.2) is 0 Å². The molecule has 0 saturated carbocycles. The van der Waals surface area contributed by atoms with Gasteiger partial charge in [0.2, 0.25) is 0 Å². The van der Waals surface area contributed by atoms with Crippen molar-refractivity contribution < 1.29 is 14.3 Å². The third-order valence-corrected chi connectivity index (χ3v) is 2.08. The van der Waals surface area contributed by atoms with Gasteiger partial charge in [-0.05, 0) is 12.1 Å². The minimum Gasteiger partial charge on any atom is -0.496 e. The zero-order valence-electron chi connectivity index (χ0n) is 9.45. The predicted molar refractivity (Wildman–Crippen MR) is 60.9 cm³/mol. The molecule has 3 N–H and O–H groups in total. The fourth-order valence-corrected chi connectivity index (χ4v) is 1.35. The largest absolute Gasteiger partial charge is 0.496 e. The normalized spacial score (nSPS) is 9.69. The number of hydrogen-bond acceptors (Lipinski definition) is 4. The Bertz CT molecular complexity index is 344. The molecular formula is C11H16N2O3. The van der Waals surface area contributed by atoms with Crippen molar-refractivity contribution in [1.29, 1.82) is 0 Å². The fraction of sp³-hybridized carbons (Fsp3) is 0.364. The van der Waals surface area contributed by atoms with E-state index in [-0.39, 0.29) is 5.91 Å². The lowest BCUT2D eigenvalue weighted by atomic mass is 10.1. The first kappa shape index (κ1) is 12.3. The highest BCUT2D eigenvalue weighted by molar-refractivity contribution is 5.99. The Hall–Kier alpha value is -1.75. The van der Waals surface area contributed by atoms with E-state index in [0.717, 1.165) is 0 Å². The second-order valence-corrected chi connectivity index (χ2v) is 3.08. The number of carbonyl (C=O) groups excluding carboxylic acids is 1. The predicted octanol–water partition coefficient (Wildman–Crippen LogP) is 0.392. The number of benzene rings is 1. The Labute approximate surface area is 94.5 Å². The molecule has 0 saturated heterocycles. The molecule has 88 valence electrons. The summed E-state index contributed by atoms with van der Waals surface area (Å²) in [6.45, 7) is 0.809. The molecule has 0 spiro atoms. The Balaban J connectivity index is 3.03. The second-order valence-electron chi connectivity index (χ2n) is 3.08. The van der Waals surface area contributed by atoms with Gasteiger partial charge in [-0.2, -0.15) is 0 Å². The number of rotatable bonds is 5. The number of carbonyl (C=O) groups is 1. The van der Waals surface area contributed by atoms with Crippen molar-refractivity contribution in [3.63, 3.8) is 0 Å². The third kappa shape index (κ3) is 2.64. The Kier molecular flexibility index (Phi) is 4.60. The molecule has 0 radical (unpaired) electrons. The second kappa shape index (κ2) is 5.97. The van der Waals surface area contributed by atoms with Gasteiger partial charge >= 0.3 is 0 Å². The minimum atomic E-state index is -0.250. The van der Waals surface area contributed by atoms with E-state index in [1.165, 1.54) is 14.2 Å². The van der Waals surface area contributed by atoms with E-state index >= 15 is 0 Å². The van der Waals surface area contributed by atoms with E-state index in [0.29, 0.717) is 30.2 Å². The van der Waals surface area contributed by atoms with Gasteiger partial charge in [0.15, 0.2) is 0 Å². The standard InChI is InChI=1S/C11H16N2O3/c1-15-8-4-3-5-9(16-2)10(8)11(14)13-7-6-12/h3-5H,6-7,12H2,1-2H3,(H,13,14). The van der Waals surface area contributed by atoms with Crippen molar-refractivity contribution in [2.45, 2.75) is 0 Å². The summed E-state index contributed by atoms with van der Waals surface area (Å²) in [4.78, 5) is 11.8. The summed E-state index contributed by atoms with van der Waals surface area (Å²) < 4.78 is 10.2. The van der Waals surface area contributed by atoms with Crippen molar-refractivity contribution in [2.24, 2.45) is 5.73 Å². The van der Waals surface area contributed by atoms with Crippen LogP contribution in [0.3, 0.4) is 0 Å². The summed E-state index contributed by atoms with van der Waals surface area (Å²) in [5.41, 5.74) is 5.71. The van der Waals surface area contributed by atoms with E-state index in [4.69, 9.17) is 15.2 Å². The number of amides is 1. The van der Waals surface area contributed by atoms with Gasteiger partial charge in [-0.3, -0.25) is 4.79 Å². The molecule has 0 aromatic heterocycles. The van der Waals surface area contributed by atoms with Gasteiger partial charge in [0.05, 0.1) is 14.2 Å². The fourth-order valence-electron chi connectivity index (χ4n) is 1.35. The minimum absolute atomic E-state index is 0.250. The van der Waals surface area contributed by atoms with Gasteiger partial charge in [-0.15, -0.1) is 0 Å². The van der Waals surface area contributed by atoms with Crippen LogP contribution in [0.1, 0.15) is 10.4 Å². The van der Waals surface area contributed by atoms with Crippen LogP contribution in [0.2, 0.25) is 0 Å². The average Bonchev–Trinajstić information content (AvgIpc) is 2.34. The molecule has 1 amide bonds. The summed E-state index contributed by atoms with van der Waals surface area (Å²) >= 11 is 0. The lowest BCUT2D eigenvalue weighted by Crippen LogP contribution is -2.29. The zero-order chi connectivity index (χ0) is 12.0. The number of ether oxygens (including phenoxy) is 2. The number of methoxy groups -OCH3 is 2. The summed E-state index contributed by atoms with van der Waals surface area (Å²) in [6, 6.07) is 5.18. The molecule has 0 unspecified atom stereocenters. The van der Waals surface area contributed by atoms with Crippen molar-refractivity contribution >= 4 is 5.91 Å². The monoisotopic (exact) mass is 224 g/mol. The Morgan fingerprint density at radius 3 is 2.31 bits per heavy atom. The summed E-state index contributed by atoms with van der Waals surface area (Å²) in [5, 5.41) is 2.67.